The van der Waals surface area contributed by atoms with Gasteiger partial charge in [0.2, 0.25) is 0 Å². The lowest BCUT2D eigenvalue weighted by atomic mass is 9.95. The van der Waals surface area contributed by atoms with Crippen molar-refractivity contribution >= 4 is 44.1 Å². The normalized spacial score (nSPS) is 16.4. The summed E-state index contributed by atoms with van der Waals surface area (Å²) in [7, 11) is 1.54. The number of unbranched alkanes of at least 4 members (excludes halogenated alkanes) is 1. The molecule has 1 unspecified atom stereocenters. The quantitative estimate of drug-likeness (QED) is 0.0964. The van der Waals surface area contributed by atoms with Gasteiger partial charge in [0.05, 0.1) is 42.2 Å². The second-order valence-corrected chi connectivity index (χ2v) is 10.7. The summed E-state index contributed by atoms with van der Waals surface area (Å²) in [6.45, 7) is 6.98. The van der Waals surface area contributed by atoms with E-state index < -0.39 is 17.7 Å². The number of ketones is 1. The molecule has 1 atom stereocenters. The van der Waals surface area contributed by atoms with Crippen molar-refractivity contribution in [3.8, 4) is 17.2 Å². The molecule has 0 saturated carbocycles. The zero-order chi connectivity index (χ0) is 29.1. The number of methoxy groups -OCH3 is 1. The summed E-state index contributed by atoms with van der Waals surface area (Å²) in [6, 6.07) is 16.9. The first-order valence-electron chi connectivity index (χ1n) is 13.6. The van der Waals surface area contributed by atoms with Gasteiger partial charge >= 0.3 is 5.91 Å². The molecule has 1 N–H and O–H groups in total. The SMILES string of the molecule is CCCCOc1ccc(C2/C(=C(\O)c3ccc(OCC)cc3)C(=O)C(=O)N2c2nc3ccc(C)cc3s2)cc1OC. The second-order valence-electron chi connectivity index (χ2n) is 9.71. The fourth-order valence-electron chi connectivity index (χ4n) is 4.80. The molecule has 5 rings (SSSR count). The Bertz CT molecular complexity index is 1630. The number of nitrogens with zero attached hydrogens (tertiary/aromatic N) is 2. The molecule has 212 valence electrons. The lowest BCUT2D eigenvalue weighted by Gasteiger charge is -2.24. The molecule has 1 saturated heterocycles. The number of ether oxygens (including phenoxy) is 3. The molecule has 0 radical (unpaired) electrons. The van der Waals surface area contributed by atoms with Gasteiger partial charge in [0.25, 0.3) is 5.78 Å². The van der Waals surface area contributed by atoms with E-state index in [2.05, 4.69) is 6.92 Å². The number of benzene rings is 3. The molecule has 41 heavy (non-hydrogen) atoms. The van der Waals surface area contributed by atoms with E-state index in [1.165, 1.54) is 16.2 Å². The number of aromatic nitrogens is 1. The van der Waals surface area contributed by atoms with Crippen LogP contribution in [0.25, 0.3) is 16.0 Å². The molecule has 1 amide bonds. The van der Waals surface area contributed by atoms with Crippen LogP contribution in [-0.4, -0.2) is 42.1 Å². The molecule has 1 fully saturated rings. The molecule has 1 aliphatic heterocycles. The lowest BCUT2D eigenvalue weighted by molar-refractivity contribution is -0.132. The number of thiazole rings is 1. The van der Waals surface area contributed by atoms with Crippen LogP contribution in [0.2, 0.25) is 0 Å². The molecule has 1 aromatic heterocycles. The Morgan fingerprint density at radius 2 is 1.78 bits per heavy atom. The summed E-state index contributed by atoms with van der Waals surface area (Å²) in [5, 5.41) is 11.9. The number of hydrogen-bond donors (Lipinski definition) is 1. The topological polar surface area (TPSA) is 98.2 Å². The van der Waals surface area contributed by atoms with Crippen molar-refractivity contribution in [3.05, 3.63) is 82.9 Å². The number of fused-ring (bicyclic) bond motifs is 1. The van der Waals surface area contributed by atoms with Gasteiger partial charge in [-0.3, -0.25) is 14.5 Å². The number of anilines is 1. The number of carbonyl (C=O) groups excluding carboxylic acids is 2. The van der Waals surface area contributed by atoms with Gasteiger partial charge in [-0.05, 0) is 79.9 Å². The van der Waals surface area contributed by atoms with Crippen molar-refractivity contribution in [2.75, 3.05) is 25.2 Å². The van der Waals surface area contributed by atoms with E-state index in [0.717, 1.165) is 28.6 Å². The first kappa shape index (κ1) is 28.2. The van der Waals surface area contributed by atoms with Crippen molar-refractivity contribution < 1.29 is 28.9 Å². The number of rotatable bonds is 10. The summed E-state index contributed by atoms with van der Waals surface area (Å²) in [5.74, 6) is -0.180. The van der Waals surface area contributed by atoms with Crippen molar-refractivity contribution in [2.45, 2.75) is 39.7 Å². The van der Waals surface area contributed by atoms with Gasteiger partial charge in [-0.25, -0.2) is 4.98 Å². The minimum absolute atomic E-state index is 0.0312. The van der Waals surface area contributed by atoms with Gasteiger partial charge in [-0.2, -0.15) is 0 Å². The second kappa shape index (κ2) is 12.0. The largest absolute Gasteiger partial charge is 0.507 e. The van der Waals surface area contributed by atoms with Gasteiger partial charge in [0.1, 0.15) is 11.5 Å². The number of Topliss-reactive ketones (excluding diaryl/α,β-unsaturated/α-hetero) is 1. The molecule has 0 spiro atoms. The van der Waals surface area contributed by atoms with Crippen LogP contribution in [0, 0.1) is 6.92 Å². The van der Waals surface area contributed by atoms with E-state index in [0.29, 0.717) is 46.7 Å². The van der Waals surface area contributed by atoms with E-state index >= 15 is 0 Å². The maximum Gasteiger partial charge on any atom is 0.301 e. The molecule has 1 aliphatic rings. The van der Waals surface area contributed by atoms with Crippen LogP contribution in [0.5, 0.6) is 17.2 Å². The Labute approximate surface area is 242 Å². The molecule has 0 bridgehead atoms. The molecule has 0 aliphatic carbocycles. The maximum atomic E-state index is 13.6. The predicted octanol–water partition coefficient (Wildman–Crippen LogP) is 6.82. The third-order valence-corrected chi connectivity index (χ3v) is 7.90. The number of aryl methyl sites for hydroxylation is 1. The Balaban J connectivity index is 1.66. The van der Waals surface area contributed by atoms with E-state index in [1.54, 1.807) is 49.6 Å². The van der Waals surface area contributed by atoms with Gasteiger partial charge < -0.3 is 19.3 Å². The Morgan fingerprint density at radius 1 is 1.00 bits per heavy atom. The van der Waals surface area contributed by atoms with Crippen LogP contribution in [0.15, 0.2) is 66.2 Å². The number of hydrogen-bond acceptors (Lipinski definition) is 8. The van der Waals surface area contributed by atoms with Crippen LogP contribution >= 0.6 is 11.3 Å². The Hall–Kier alpha value is -4.37. The number of carbonyl (C=O) groups is 2. The third kappa shape index (κ3) is 5.50. The molecule has 2 heterocycles. The smallest absolute Gasteiger partial charge is 0.301 e. The Kier molecular flexibility index (Phi) is 8.26. The molecule has 4 aromatic rings. The average Bonchev–Trinajstić information content (AvgIpc) is 3.50. The van der Waals surface area contributed by atoms with Gasteiger partial charge in [-0.1, -0.05) is 36.8 Å². The van der Waals surface area contributed by atoms with Crippen molar-refractivity contribution in [3.63, 3.8) is 0 Å². The highest BCUT2D eigenvalue weighted by Gasteiger charge is 2.48. The molecule has 9 heteroatoms. The molecular formula is C32H32N2O6S. The Morgan fingerprint density at radius 3 is 2.49 bits per heavy atom. The van der Waals surface area contributed by atoms with Crippen LogP contribution < -0.4 is 19.1 Å². The summed E-state index contributed by atoms with van der Waals surface area (Å²) in [4.78, 5) is 33.3. The van der Waals surface area contributed by atoms with Crippen LogP contribution in [0.1, 0.15) is 49.4 Å². The maximum absolute atomic E-state index is 13.6. The fraction of sp³-hybridized carbons (Fsp3) is 0.281. The van der Waals surface area contributed by atoms with Crippen LogP contribution in [0.3, 0.4) is 0 Å². The van der Waals surface area contributed by atoms with E-state index in [-0.39, 0.29) is 11.3 Å². The van der Waals surface area contributed by atoms with Crippen molar-refractivity contribution in [1.29, 1.82) is 0 Å². The third-order valence-electron chi connectivity index (χ3n) is 6.88. The monoisotopic (exact) mass is 572 g/mol. The number of aliphatic hydroxyl groups is 1. The molecule has 3 aromatic carbocycles. The summed E-state index contributed by atoms with van der Waals surface area (Å²) < 4.78 is 18.0. The predicted molar refractivity (Wildman–Crippen MR) is 160 cm³/mol. The average molecular weight is 573 g/mol. The highest BCUT2D eigenvalue weighted by molar-refractivity contribution is 7.22. The molecule has 8 nitrogen and oxygen atoms in total. The summed E-state index contributed by atoms with van der Waals surface area (Å²) in [6.07, 6.45) is 1.88. The van der Waals surface area contributed by atoms with Crippen molar-refractivity contribution in [1.82, 2.24) is 4.98 Å². The summed E-state index contributed by atoms with van der Waals surface area (Å²) in [5.41, 5.74) is 2.72. The fourth-order valence-corrected chi connectivity index (χ4v) is 5.89. The van der Waals surface area contributed by atoms with Crippen LogP contribution in [-0.2, 0) is 9.59 Å². The van der Waals surface area contributed by atoms with E-state index in [9.17, 15) is 14.7 Å². The minimum Gasteiger partial charge on any atom is -0.507 e. The van der Waals surface area contributed by atoms with Gasteiger partial charge in [-0.15, -0.1) is 0 Å². The highest BCUT2D eigenvalue weighted by Crippen LogP contribution is 2.46. The van der Waals surface area contributed by atoms with E-state index in [4.69, 9.17) is 19.2 Å². The van der Waals surface area contributed by atoms with E-state index in [1.807, 2.05) is 32.0 Å². The van der Waals surface area contributed by atoms with Crippen molar-refractivity contribution in [2.24, 2.45) is 0 Å². The number of aliphatic hydroxyl groups excluding tert-OH is 1. The first-order chi connectivity index (χ1) is 19.9. The van der Waals surface area contributed by atoms with Crippen LogP contribution in [0.4, 0.5) is 5.13 Å². The number of amides is 1. The summed E-state index contributed by atoms with van der Waals surface area (Å²) >= 11 is 1.32. The molecular weight excluding hydrogens is 540 g/mol. The lowest BCUT2D eigenvalue weighted by Crippen LogP contribution is -2.29. The highest BCUT2D eigenvalue weighted by atomic mass is 32.1. The zero-order valence-corrected chi connectivity index (χ0v) is 24.3. The van der Waals surface area contributed by atoms with Gasteiger partial charge in [0.15, 0.2) is 16.6 Å². The first-order valence-corrected chi connectivity index (χ1v) is 14.4. The standard InChI is InChI=1S/C32H32N2O6S/c1-5-7-16-40-24-15-11-21(18-25(24)38-4)28-27(29(35)20-9-12-22(13-10-20)39-6-2)30(36)31(37)34(28)32-33-23-14-8-19(3)17-26(23)41-32/h8-15,17-18,28,35H,5-7,16H2,1-4H3/b29-27+. The minimum atomic E-state index is -0.943. The van der Waals surface area contributed by atoms with Gasteiger partial charge in [0, 0.05) is 5.56 Å². The zero-order valence-electron chi connectivity index (χ0n) is 23.5.